The molecule has 0 heterocycles. The molecule has 5 nitrogen and oxygen atoms in total. The normalized spacial score (nSPS) is 11.5. The van der Waals surface area contributed by atoms with E-state index in [2.05, 4.69) is 6.92 Å². The van der Waals surface area contributed by atoms with Crippen molar-refractivity contribution >= 4 is 11.1 Å². The fourth-order valence-electron chi connectivity index (χ4n) is 2.59. The molecule has 0 amide bonds. The number of rotatable bonds is 4. The summed E-state index contributed by atoms with van der Waals surface area (Å²) in [6.45, 7) is 2.66. The summed E-state index contributed by atoms with van der Waals surface area (Å²) < 4.78 is 5.68. The highest BCUT2D eigenvalue weighted by Gasteiger charge is 2.27. The smallest absolute Gasteiger partial charge is 0.133 e. The van der Waals surface area contributed by atoms with E-state index in [-0.39, 0.29) is 17.6 Å². The van der Waals surface area contributed by atoms with Gasteiger partial charge < -0.3 is 4.74 Å². The standard InChI is InChI=1S/C19H14N4O/c1-2-3-6-24-15-4-5-16-17(13(9-20)10-21)8-18(19(16)7-15)14(11-22)12-23/h4-5,7H,2-3,6,8H2,1H3. The molecule has 0 spiro atoms. The number of unbranched alkanes of at least 4 members (excludes halogenated alkanes) is 1. The first-order chi connectivity index (χ1) is 11.7. The van der Waals surface area contributed by atoms with Crippen LogP contribution in [0, 0.1) is 45.3 Å². The molecule has 24 heavy (non-hydrogen) atoms. The Morgan fingerprint density at radius 3 is 2.08 bits per heavy atom. The quantitative estimate of drug-likeness (QED) is 0.619. The van der Waals surface area contributed by atoms with Gasteiger partial charge in [-0.15, -0.1) is 0 Å². The third-order valence-corrected chi connectivity index (χ3v) is 3.81. The van der Waals surface area contributed by atoms with E-state index >= 15 is 0 Å². The minimum atomic E-state index is -0.00723. The Kier molecular flexibility index (Phi) is 5.36. The molecule has 0 saturated carbocycles. The lowest BCUT2D eigenvalue weighted by atomic mass is 10.0. The number of nitriles is 4. The molecule has 0 N–H and O–H groups in total. The molecule has 0 saturated heterocycles. The molecular formula is C19H14N4O. The van der Waals surface area contributed by atoms with Gasteiger partial charge in [0.25, 0.3) is 0 Å². The van der Waals surface area contributed by atoms with Gasteiger partial charge in [-0.3, -0.25) is 0 Å². The number of fused-ring (bicyclic) bond motifs is 1. The van der Waals surface area contributed by atoms with E-state index in [0.717, 1.165) is 12.8 Å². The van der Waals surface area contributed by atoms with Gasteiger partial charge in [0.1, 0.15) is 41.2 Å². The molecule has 1 aromatic carbocycles. The van der Waals surface area contributed by atoms with Crippen molar-refractivity contribution in [2.75, 3.05) is 6.61 Å². The lowest BCUT2D eigenvalue weighted by Crippen LogP contribution is -1.97. The highest BCUT2D eigenvalue weighted by molar-refractivity contribution is 5.98. The summed E-state index contributed by atoms with van der Waals surface area (Å²) in [7, 11) is 0. The highest BCUT2D eigenvalue weighted by atomic mass is 16.5. The SMILES string of the molecule is CCCCOc1ccc2c(c1)C(=C(C#N)C#N)CC2=C(C#N)C#N. The van der Waals surface area contributed by atoms with Crippen LogP contribution in [0.2, 0.25) is 0 Å². The first-order valence-corrected chi connectivity index (χ1v) is 7.54. The number of hydrogen-bond donors (Lipinski definition) is 0. The molecule has 2 rings (SSSR count). The Morgan fingerprint density at radius 2 is 1.54 bits per heavy atom. The summed E-state index contributed by atoms with van der Waals surface area (Å²) in [5, 5.41) is 36.7. The number of nitrogens with zero attached hydrogens (tertiary/aromatic N) is 4. The number of hydrogen-bond acceptors (Lipinski definition) is 5. The molecule has 0 fully saturated rings. The van der Waals surface area contributed by atoms with Crippen LogP contribution in [-0.2, 0) is 0 Å². The first kappa shape index (κ1) is 16.8. The van der Waals surface area contributed by atoms with Crippen molar-refractivity contribution in [1.82, 2.24) is 0 Å². The minimum absolute atomic E-state index is 0.00105. The molecule has 0 aliphatic heterocycles. The molecule has 0 atom stereocenters. The topological polar surface area (TPSA) is 104 Å². The van der Waals surface area contributed by atoms with E-state index in [1.807, 2.05) is 24.3 Å². The Morgan fingerprint density at radius 1 is 0.958 bits per heavy atom. The van der Waals surface area contributed by atoms with E-state index in [4.69, 9.17) is 15.3 Å². The molecule has 0 bridgehead atoms. The Balaban J connectivity index is 2.61. The van der Waals surface area contributed by atoms with Crippen molar-refractivity contribution in [3.8, 4) is 30.0 Å². The minimum Gasteiger partial charge on any atom is -0.494 e. The van der Waals surface area contributed by atoms with Gasteiger partial charge in [-0.1, -0.05) is 19.4 Å². The van der Waals surface area contributed by atoms with Crippen LogP contribution in [0.1, 0.15) is 37.3 Å². The van der Waals surface area contributed by atoms with Crippen molar-refractivity contribution < 1.29 is 4.74 Å². The maximum absolute atomic E-state index is 9.19. The zero-order chi connectivity index (χ0) is 17.5. The van der Waals surface area contributed by atoms with E-state index in [1.54, 1.807) is 18.2 Å². The molecule has 5 heteroatoms. The highest BCUT2D eigenvalue weighted by Crippen LogP contribution is 2.44. The fraction of sp³-hybridized carbons (Fsp3) is 0.263. The average molecular weight is 314 g/mol. The van der Waals surface area contributed by atoms with Crippen LogP contribution in [0.5, 0.6) is 5.75 Å². The van der Waals surface area contributed by atoms with Crippen molar-refractivity contribution in [2.45, 2.75) is 26.2 Å². The molecule has 1 aliphatic carbocycles. The van der Waals surface area contributed by atoms with Crippen molar-refractivity contribution in [3.05, 3.63) is 40.5 Å². The average Bonchev–Trinajstić information content (AvgIpc) is 2.97. The fourth-order valence-corrected chi connectivity index (χ4v) is 2.59. The number of ether oxygens (including phenoxy) is 1. The lowest BCUT2D eigenvalue weighted by Gasteiger charge is -2.08. The number of benzene rings is 1. The van der Waals surface area contributed by atoms with Crippen LogP contribution in [0.4, 0.5) is 0 Å². The van der Waals surface area contributed by atoms with Crippen molar-refractivity contribution in [1.29, 1.82) is 21.0 Å². The monoisotopic (exact) mass is 314 g/mol. The largest absolute Gasteiger partial charge is 0.494 e. The Hall–Kier alpha value is -3.54. The molecule has 0 radical (unpaired) electrons. The van der Waals surface area contributed by atoms with Crippen LogP contribution >= 0.6 is 0 Å². The molecule has 0 unspecified atom stereocenters. The van der Waals surface area contributed by atoms with E-state index in [0.29, 0.717) is 34.6 Å². The second-order valence-electron chi connectivity index (χ2n) is 5.24. The van der Waals surface area contributed by atoms with Gasteiger partial charge >= 0.3 is 0 Å². The van der Waals surface area contributed by atoms with E-state index in [1.165, 1.54) is 0 Å². The van der Waals surface area contributed by atoms with Gasteiger partial charge in [-0.2, -0.15) is 21.0 Å². The second-order valence-corrected chi connectivity index (χ2v) is 5.24. The van der Waals surface area contributed by atoms with E-state index < -0.39 is 0 Å². The van der Waals surface area contributed by atoms with Gasteiger partial charge in [-0.25, -0.2) is 0 Å². The molecule has 0 aromatic heterocycles. The Bertz CT molecular complexity index is 863. The maximum Gasteiger partial charge on any atom is 0.133 e. The molecule has 116 valence electrons. The third-order valence-electron chi connectivity index (χ3n) is 3.81. The van der Waals surface area contributed by atoms with Gasteiger partial charge in [0.15, 0.2) is 0 Å². The van der Waals surface area contributed by atoms with Gasteiger partial charge in [0.2, 0.25) is 0 Å². The first-order valence-electron chi connectivity index (χ1n) is 7.54. The Labute approximate surface area is 140 Å². The summed E-state index contributed by atoms with van der Waals surface area (Å²) in [6.07, 6.45) is 2.17. The zero-order valence-electron chi connectivity index (χ0n) is 13.3. The molecule has 1 aromatic rings. The van der Waals surface area contributed by atoms with Crippen LogP contribution in [0.3, 0.4) is 0 Å². The maximum atomic E-state index is 9.19. The predicted molar refractivity (Wildman–Crippen MR) is 87.8 cm³/mol. The van der Waals surface area contributed by atoms with Crippen molar-refractivity contribution in [2.24, 2.45) is 0 Å². The predicted octanol–water partition coefficient (Wildman–Crippen LogP) is 3.87. The molecular weight excluding hydrogens is 300 g/mol. The van der Waals surface area contributed by atoms with Crippen LogP contribution < -0.4 is 4.74 Å². The van der Waals surface area contributed by atoms with E-state index in [9.17, 15) is 10.5 Å². The third kappa shape index (κ3) is 3.12. The number of allylic oxidation sites excluding steroid dienone is 4. The lowest BCUT2D eigenvalue weighted by molar-refractivity contribution is 0.309. The van der Waals surface area contributed by atoms with Gasteiger partial charge in [0, 0.05) is 6.42 Å². The summed E-state index contributed by atoms with van der Waals surface area (Å²) in [5.41, 5.74) is 2.46. The van der Waals surface area contributed by atoms with Crippen molar-refractivity contribution in [3.63, 3.8) is 0 Å². The van der Waals surface area contributed by atoms with Gasteiger partial charge in [0.05, 0.1) is 6.61 Å². The summed E-state index contributed by atoms with van der Waals surface area (Å²) in [5.74, 6) is 0.645. The zero-order valence-corrected chi connectivity index (χ0v) is 13.3. The summed E-state index contributed by atoms with van der Waals surface area (Å²) >= 11 is 0. The second kappa shape index (κ2) is 7.64. The van der Waals surface area contributed by atoms with Crippen LogP contribution in [0.25, 0.3) is 11.1 Å². The summed E-state index contributed by atoms with van der Waals surface area (Å²) in [4.78, 5) is 0. The van der Waals surface area contributed by atoms with Crippen LogP contribution in [0.15, 0.2) is 29.3 Å². The molecule has 1 aliphatic rings. The van der Waals surface area contributed by atoms with Crippen LogP contribution in [-0.4, -0.2) is 6.61 Å². The van der Waals surface area contributed by atoms with Gasteiger partial charge in [-0.05, 0) is 40.8 Å². The summed E-state index contributed by atoms with van der Waals surface area (Å²) in [6, 6.07) is 12.9.